The van der Waals surface area contributed by atoms with E-state index < -0.39 is 6.09 Å². The Morgan fingerprint density at radius 3 is 2.38 bits per heavy atom. The van der Waals surface area contributed by atoms with E-state index in [1.807, 2.05) is 13.8 Å². The largest absolute Gasteiger partial charge is 0.465 e. The molecule has 0 aromatic rings. The van der Waals surface area contributed by atoms with Crippen molar-refractivity contribution in [2.45, 2.75) is 52.5 Å². The molecule has 96 valence electrons. The second-order valence-corrected chi connectivity index (χ2v) is 4.80. The Morgan fingerprint density at radius 1 is 1.31 bits per heavy atom. The minimum absolute atomic E-state index is 0.353. The van der Waals surface area contributed by atoms with Gasteiger partial charge in [0.25, 0.3) is 0 Å². The van der Waals surface area contributed by atoms with Crippen molar-refractivity contribution in [3.8, 4) is 0 Å². The second-order valence-electron chi connectivity index (χ2n) is 4.80. The van der Waals surface area contributed by atoms with E-state index in [-0.39, 0.29) is 5.54 Å². The lowest BCUT2D eigenvalue weighted by Crippen LogP contribution is -2.49. The molecule has 0 radical (unpaired) electrons. The van der Waals surface area contributed by atoms with E-state index in [1.54, 1.807) is 0 Å². The third-order valence-electron chi connectivity index (χ3n) is 3.04. The van der Waals surface area contributed by atoms with Crippen molar-refractivity contribution in [3.05, 3.63) is 0 Å². The summed E-state index contributed by atoms with van der Waals surface area (Å²) >= 11 is 0. The van der Waals surface area contributed by atoms with Crippen molar-refractivity contribution >= 4 is 6.09 Å². The zero-order valence-corrected chi connectivity index (χ0v) is 11.0. The number of carbonyl (C=O) groups is 1. The highest BCUT2D eigenvalue weighted by molar-refractivity contribution is 5.65. The summed E-state index contributed by atoms with van der Waals surface area (Å²) in [5.74, 6) is 0.368. The van der Waals surface area contributed by atoms with Gasteiger partial charge in [0, 0.05) is 5.54 Å². The molecule has 3 N–H and O–H groups in total. The van der Waals surface area contributed by atoms with Crippen LogP contribution in [0.2, 0.25) is 0 Å². The summed E-state index contributed by atoms with van der Waals surface area (Å²) in [5.41, 5.74) is -0.353. The van der Waals surface area contributed by atoms with Crippen molar-refractivity contribution in [1.82, 2.24) is 10.6 Å². The molecule has 0 aliphatic rings. The predicted octanol–water partition coefficient (Wildman–Crippen LogP) is 2.45. The molecule has 4 nitrogen and oxygen atoms in total. The normalized spacial score (nSPS) is 13.5. The lowest BCUT2D eigenvalue weighted by atomic mass is 9.83. The number of hydrogen-bond donors (Lipinski definition) is 3. The van der Waals surface area contributed by atoms with Crippen molar-refractivity contribution < 1.29 is 9.90 Å². The summed E-state index contributed by atoms with van der Waals surface area (Å²) in [4.78, 5) is 10.7. The minimum Gasteiger partial charge on any atom is -0.465 e. The Labute approximate surface area is 98.8 Å². The van der Waals surface area contributed by atoms with Crippen LogP contribution in [0, 0.1) is 5.92 Å². The third kappa shape index (κ3) is 5.95. The van der Waals surface area contributed by atoms with Gasteiger partial charge in [0.05, 0.1) is 0 Å². The highest BCUT2D eigenvalue weighted by atomic mass is 16.4. The number of rotatable bonds is 8. The molecule has 0 fully saturated rings. The second kappa shape index (κ2) is 7.49. The molecule has 0 spiro atoms. The standard InChI is InChI=1S/C12H26N2O2/c1-5-8-13-9-7-10(6-2)12(3,4)14-11(15)16/h10,13-14H,5-9H2,1-4H3,(H,15,16). The summed E-state index contributed by atoms with van der Waals surface area (Å²) in [5, 5.41) is 14.7. The van der Waals surface area contributed by atoms with Gasteiger partial charge >= 0.3 is 6.09 Å². The smallest absolute Gasteiger partial charge is 0.405 e. The van der Waals surface area contributed by atoms with Crippen LogP contribution in [0.4, 0.5) is 4.79 Å². The lowest BCUT2D eigenvalue weighted by Gasteiger charge is -2.33. The van der Waals surface area contributed by atoms with Crippen molar-refractivity contribution in [2.75, 3.05) is 13.1 Å². The van der Waals surface area contributed by atoms with Crippen LogP contribution >= 0.6 is 0 Å². The maximum absolute atomic E-state index is 10.7. The van der Waals surface area contributed by atoms with Gasteiger partial charge in [-0.2, -0.15) is 0 Å². The van der Waals surface area contributed by atoms with Crippen LogP contribution in [0.15, 0.2) is 0 Å². The first kappa shape index (κ1) is 15.2. The first-order chi connectivity index (χ1) is 7.44. The van der Waals surface area contributed by atoms with Crippen LogP contribution in [0.1, 0.15) is 47.0 Å². The van der Waals surface area contributed by atoms with E-state index in [2.05, 4.69) is 24.5 Å². The summed E-state index contributed by atoms with van der Waals surface area (Å²) in [6.07, 6.45) is 2.18. The van der Waals surface area contributed by atoms with E-state index in [0.29, 0.717) is 5.92 Å². The van der Waals surface area contributed by atoms with Crippen LogP contribution in [-0.2, 0) is 0 Å². The third-order valence-corrected chi connectivity index (χ3v) is 3.04. The molecule has 0 aromatic heterocycles. The lowest BCUT2D eigenvalue weighted by molar-refractivity contribution is 0.163. The molecule has 16 heavy (non-hydrogen) atoms. The average Bonchev–Trinajstić information content (AvgIpc) is 2.15. The Balaban J connectivity index is 4.08. The molecule has 0 aliphatic heterocycles. The van der Waals surface area contributed by atoms with Crippen LogP contribution in [0.3, 0.4) is 0 Å². The van der Waals surface area contributed by atoms with Gasteiger partial charge in [0.15, 0.2) is 0 Å². The molecular formula is C12H26N2O2. The maximum atomic E-state index is 10.7. The highest BCUT2D eigenvalue weighted by Gasteiger charge is 2.29. The summed E-state index contributed by atoms with van der Waals surface area (Å²) in [6.45, 7) is 10.1. The maximum Gasteiger partial charge on any atom is 0.405 e. The van der Waals surface area contributed by atoms with Crippen LogP contribution in [0.5, 0.6) is 0 Å². The molecule has 4 heteroatoms. The molecular weight excluding hydrogens is 204 g/mol. The fraction of sp³-hybridized carbons (Fsp3) is 0.917. The predicted molar refractivity (Wildman–Crippen MR) is 66.8 cm³/mol. The Bertz CT molecular complexity index is 205. The van der Waals surface area contributed by atoms with Crippen LogP contribution in [0.25, 0.3) is 0 Å². The van der Waals surface area contributed by atoms with Gasteiger partial charge in [0.1, 0.15) is 0 Å². The van der Waals surface area contributed by atoms with E-state index >= 15 is 0 Å². The fourth-order valence-electron chi connectivity index (χ4n) is 2.03. The minimum atomic E-state index is -0.940. The van der Waals surface area contributed by atoms with Gasteiger partial charge in [-0.15, -0.1) is 0 Å². The monoisotopic (exact) mass is 230 g/mol. The molecule has 0 bridgehead atoms. The molecule has 1 atom stereocenters. The molecule has 1 unspecified atom stereocenters. The van der Waals surface area contributed by atoms with E-state index in [9.17, 15) is 4.79 Å². The van der Waals surface area contributed by atoms with E-state index in [1.165, 1.54) is 0 Å². The topological polar surface area (TPSA) is 61.4 Å². The molecule has 0 aromatic carbocycles. The quantitative estimate of drug-likeness (QED) is 0.561. The summed E-state index contributed by atoms with van der Waals surface area (Å²) < 4.78 is 0. The number of nitrogens with one attached hydrogen (secondary N) is 2. The Kier molecular flexibility index (Phi) is 7.13. The van der Waals surface area contributed by atoms with E-state index in [4.69, 9.17) is 5.11 Å². The first-order valence-corrected chi connectivity index (χ1v) is 6.15. The van der Waals surface area contributed by atoms with Crippen molar-refractivity contribution in [3.63, 3.8) is 0 Å². The molecule has 0 heterocycles. The molecule has 0 aliphatic carbocycles. The summed E-state index contributed by atoms with van der Waals surface area (Å²) in [7, 11) is 0. The van der Waals surface area contributed by atoms with Crippen molar-refractivity contribution in [1.29, 1.82) is 0 Å². The van der Waals surface area contributed by atoms with Gasteiger partial charge < -0.3 is 15.7 Å². The van der Waals surface area contributed by atoms with E-state index in [0.717, 1.165) is 32.4 Å². The van der Waals surface area contributed by atoms with Crippen LogP contribution < -0.4 is 10.6 Å². The molecule has 1 amide bonds. The Morgan fingerprint density at radius 2 is 1.94 bits per heavy atom. The van der Waals surface area contributed by atoms with Gasteiger partial charge in [-0.05, 0) is 45.7 Å². The van der Waals surface area contributed by atoms with Gasteiger partial charge in [-0.3, -0.25) is 0 Å². The number of amides is 1. The van der Waals surface area contributed by atoms with Crippen molar-refractivity contribution in [2.24, 2.45) is 5.92 Å². The average molecular weight is 230 g/mol. The van der Waals surface area contributed by atoms with Gasteiger partial charge in [-0.1, -0.05) is 20.3 Å². The molecule has 0 saturated carbocycles. The fourth-order valence-corrected chi connectivity index (χ4v) is 2.03. The SMILES string of the molecule is CCCNCCC(CC)C(C)(C)NC(=O)O. The molecule has 0 saturated heterocycles. The van der Waals surface area contributed by atoms with Gasteiger partial charge in [-0.25, -0.2) is 4.79 Å². The number of hydrogen-bond acceptors (Lipinski definition) is 2. The highest BCUT2D eigenvalue weighted by Crippen LogP contribution is 2.23. The first-order valence-electron chi connectivity index (χ1n) is 6.15. The zero-order valence-electron chi connectivity index (χ0n) is 11.0. The number of carboxylic acid groups (broad SMARTS) is 1. The van der Waals surface area contributed by atoms with Crippen LogP contribution in [-0.4, -0.2) is 29.8 Å². The van der Waals surface area contributed by atoms with Gasteiger partial charge in [0.2, 0.25) is 0 Å². The summed E-state index contributed by atoms with van der Waals surface area (Å²) in [6, 6.07) is 0. The Hall–Kier alpha value is -0.770. The molecule has 0 rings (SSSR count). The zero-order chi connectivity index (χ0) is 12.6.